The molecule has 0 atom stereocenters. The summed E-state index contributed by atoms with van der Waals surface area (Å²) < 4.78 is 56.8. The zero-order valence-electron chi connectivity index (χ0n) is 10.2. The summed E-state index contributed by atoms with van der Waals surface area (Å²) in [5.74, 6) is -4.41. The first-order chi connectivity index (χ1) is 9.40. The highest BCUT2D eigenvalue weighted by Gasteiger charge is 2.42. The zero-order chi connectivity index (χ0) is 14.9. The van der Waals surface area contributed by atoms with Crippen LogP contribution in [-0.4, -0.2) is 39.0 Å². The van der Waals surface area contributed by atoms with Crippen LogP contribution in [0.25, 0.3) is 11.2 Å². The van der Waals surface area contributed by atoms with Crippen LogP contribution in [0.15, 0.2) is 6.33 Å². The van der Waals surface area contributed by atoms with Crippen LogP contribution in [-0.2, 0) is 12.4 Å². The van der Waals surface area contributed by atoms with E-state index >= 15 is 0 Å². The van der Waals surface area contributed by atoms with Crippen molar-refractivity contribution in [2.24, 2.45) is 0 Å². The van der Waals surface area contributed by atoms with E-state index in [9.17, 15) is 17.6 Å². The molecule has 0 amide bonds. The molecule has 0 saturated heterocycles. The number of nitrogens with zero attached hydrogens (tertiary/aromatic N) is 4. The molecule has 0 aliphatic carbocycles. The second-order valence-electron chi connectivity index (χ2n) is 3.86. The maximum Gasteiger partial charge on any atom is 0.324 e. The predicted molar refractivity (Wildman–Crippen MR) is 62.4 cm³/mol. The van der Waals surface area contributed by atoms with Crippen LogP contribution in [0, 0.1) is 0 Å². The Morgan fingerprint density at radius 1 is 1.40 bits per heavy atom. The van der Waals surface area contributed by atoms with Gasteiger partial charge >= 0.3 is 12.3 Å². The maximum absolute atomic E-state index is 13.2. The summed E-state index contributed by atoms with van der Waals surface area (Å²) >= 11 is 5.60. The van der Waals surface area contributed by atoms with Gasteiger partial charge in [-0.05, 0) is 0 Å². The molecule has 0 saturated carbocycles. The molecule has 0 aliphatic rings. The summed E-state index contributed by atoms with van der Waals surface area (Å²) in [4.78, 5) is 11.5. The van der Waals surface area contributed by atoms with E-state index in [1.165, 1.54) is 7.11 Å². The molecule has 20 heavy (non-hydrogen) atoms. The lowest BCUT2D eigenvalue weighted by Gasteiger charge is -2.17. The van der Waals surface area contributed by atoms with Crippen molar-refractivity contribution in [2.75, 3.05) is 7.11 Å². The number of hydrogen-bond acceptors (Lipinski definition) is 4. The van der Waals surface area contributed by atoms with Crippen LogP contribution >= 0.6 is 11.6 Å². The standard InChI is InChI=1S/C10H9ClF4N4O/c1-20-8-6-7(16-4-17-8)19(5(2-11)18-6)3-10(14,15)9(12)13/h4,9H,2-3H2,1H3. The number of ether oxygens (including phenoxy) is 1. The van der Waals surface area contributed by atoms with E-state index in [-0.39, 0.29) is 28.7 Å². The van der Waals surface area contributed by atoms with Gasteiger partial charge in [0.05, 0.1) is 19.5 Å². The van der Waals surface area contributed by atoms with Gasteiger partial charge in [-0.1, -0.05) is 0 Å². The third-order valence-corrected chi connectivity index (χ3v) is 2.82. The molecule has 0 aromatic carbocycles. The van der Waals surface area contributed by atoms with E-state index in [1.54, 1.807) is 0 Å². The van der Waals surface area contributed by atoms with Crippen LogP contribution in [0.1, 0.15) is 5.82 Å². The van der Waals surface area contributed by atoms with E-state index in [0.717, 1.165) is 10.9 Å². The molecule has 0 unspecified atom stereocenters. The zero-order valence-corrected chi connectivity index (χ0v) is 10.9. The Morgan fingerprint density at radius 3 is 2.65 bits per heavy atom. The lowest BCUT2D eigenvalue weighted by Crippen LogP contribution is -2.32. The Bertz CT molecular complexity index is 619. The second kappa shape index (κ2) is 5.39. The molecule has 0 radical (unpaired) electrons. The average molecular weight is 313 g/mol. The van der Waals surface area contributed by atoms with Gasteiger partial charge in [0.15, 0.2) is 11.2 Å². The van der Waals surface area contributed by atoms with Crippen LogP contribution in [0.2, 0.25) is 0 Å². The van der Waals surface area contributed by atoms with Crippen LogP contribution in [0.5, 0.6) is 5.88 Å². The number of hydrogen-bond donors (Lipinski definition) is 0. The number of fused-ring (bicyclic) bond motifs is 1. The van der Waals surface area contributed by atoms with Crippen LogP contribution < -0.4 is 4.74 Å². The SMILES string of the molecule is COc1ncnc2c1nc(CCl)n2CC(F)(F)C(F)F. The van der Waals surface area contributed by atoms with E-state index in [1.807, 2.05) is 0 Å². The summed E-state index contributed by atoms with van der Waals surface area (Å²) in [6, 6.07) is 0. The summed E-state index contributed by atoms with van der Waals surface area (Å²) in [5.41, 5.74) is 0.0588. The van der Waals surface area contributed by atoms with Gasteiger partial charge < -0.3 is 9.30 Å². The third kappa shape index (κ3) is 2.49. The van der Waals surface area contributed by atoms with Gasteiger partial charge in [-0.3, -0.25) is 0 Å². The van der Waals surface area contributed by atoms with Gasteiger partial charge in [-0.2, -0.15) is 13.8 Å². The molecule has 2 aromatic rings. The lowest BCUT2D eigenvalue weighted by atomic mass is 10.3. The molecular weight excluding hydrogens is 304 g/mol. The van der Waals surface area contributed by atoms with E-state index in [4.69, 9.17) is 16.3 Å². The van der Waals surface area contributed by atoms with Crippen molar-refractivity contribution in [3.63, 3.8) is 0 Å². The Kier molecular flexibility index (Phi) is 3.98. The Labute approximate surface area is 115 Å². The minimum absolute atomic E-state index is 0.0132. The Morgan fingerprint density at radius 2 is 2.10 bits per heavy atom. The van der Waals surface area contributed by atoms with Gasteiger partial charge in [0.1, 0.15) is 12.2 Å². The van der Waals surface area contributed by atoms with Crippen molar-refractivity contribution in [3.8, 4) is 5.88 Å². The second-order valence-corrected chi connectivity index (χ2v) is 4.13. The lowest BCUT2D eigenvalue weighted by molar-refractivity contribution is -0.137. The molecule has 2 rings (SSSR count). The maximum atomic E-state index is 13.2. The number of imidazole rings is 1. The van der Waals surface area contributed by atoms with Crippen molar-refractivity contribution in [1.82, 2.24) is 19.5 Å². The van der Waals surface area contributed by atoms with E-state index in [0.29, 0.717) is 0 Å². The van der Waals surface area contributed by atoms with Gasteiger partial charge in [0.25, 0.3) is 0 Å². The molecule has 10 heteroatoms. The van der Waals surface area contributed by atoms with Crippen molar-refractivity contribution >= 4 is 22.8 Å². The van der Waals surface area contributed by atoms with Crippen molar-refractivity contribution in [2.45, 2.75) is 24.8 Å². The van der Waals surface area contributed by atoms with Gasteiger partial charge in [0, 0.05) is 0 Å². The molecule has 0 spiro atoms. The van der Waals surface area contributed by atoms with Crippen molar-refractivity contribution in [1.29, 1.82) is 0 Å². The number of halogens is 5. The highest BCUT2D eigenvalue weighted by atomic mass is 35.5. The fourth-order valence-corrected chi connectivity index (χ4v) is 1.86. The first-order valence-corrected chi connectivity index (χ1v) is 5.90. The largest absolute Gasteiger partial charge is 0.479 e. The number of methoxy groups -OCH3 is 1. The molecule has 2 aromatic heterocycles. The first-order valence-electron chi connectivity index (χ1n) is 5.36. The van der Waals surface area contributed by atoms with E-state index in [2.05, 4.69) is 15.0 Å². The Hall–Kier alpha value is -1.64. The minimum Gasteiger partial charge on any atom is -0.479 e. The molecule has 110 valence electrons. The van der Waals surface area contributed by atoms with Crippen molar-refractivity contribution < 1.29 is 22.3 Å². The quantitative estimate of drug-likeness (QED) is 0.629. The fourth-order valence-electron chi connectivity index (χ4n) is 1.66. The Balaban J connectivity index is 2.57. The fraction of sp³-hybridized carbons (Fsp3) is 0.500. The summed E-state index contributed by atoms with van der Waals surface area (Å²) in [5, 5.41) is 0. The first kappa shape index (κ1) is 14.8. The number of rotatable bonds is 5. The normalized spacial score (nSPS) is 12.3. The topological polar surface area (TPSA) is 52.8 Å². The summed E-state index contributed by atoms with van der Waals surface area (Å²) in [7, 11) is 1.31. The molecular formula is C10H9ClF4N4O. The van der Waals surface area contributed by atoms with Crippen molar-refractivity contribution in [3.05, 3.63) is 12.2 Å². The number of alkyl halides is 5. The molecule has 0 N–H and O–H groups in total. The predicted octanol–water partition coefficient (Wildman–Crippen LogP) is 2.47. The minimum atomic E-state index is -4.22. The molecule has 2 heterocycles. The van der Waals surface area contributed by atoms with E-state index < -0.39 is 18.9 Å². The van der Waals surface area contributed by atoms with Gasteiger partial charge in [0.2, 0.25) is 5.88 Å². The van der Waals surface area contributed by atoms with Crippen LogP contribution in [0.3, 0.4) is 0 Å². The summed E-state index contributed by atoms with van der Waals surface area (Å²) in [6.45, 7) is -1.27. The summed E-state index contributed by atoms with van der Waals surface area (Å²) in [6.07, 6.45) is -2.73. The number of aromatic nitrogens is 4. The average Bonchev–Trinajstić information content (AvgIpc) is 2.76. The highest BCUT2D eigenvalue weighted by Crippen LogP contribution is 2.29. The molecule has 5 nitrogen and oxygen atoms in total. The van der Waals surface area contributed by atoms with Crippen LogP contribution in [0.4, 0.5) is 17.6 Å². The molecule has 0 bridgehead atoms. The monoisotopic (exact) mass is 312 g/mol. The molecule has 0 aliphatic heterocycles. The van der Waals surface area contributed by atoms with Gasteiger partial charge in [-0.15, -0.1) is 11.6 Å². The highest BCUT2D eigenvalue weighted by molar-refractivity contribution is 6.16. The third-order valence-electron chi connectivity index (χ3n) is 2.58. The smallest absolute Gasteiger partial charge is 0.324 e. The van der Waals surface area contributed by atoms with Gasteiger partial charge in [-0.25, -0.2) is 18.7 Å². The molecule has 0 fully saturated rings.